The molecule has 0 bridgehead atoms. The Bertz CT molecular complexity index is 596. The molecule has 3 rings (SSSR count). The maximum atomic E-state index is 5.61. The third-order valence-corrected chi connectivity index (χ3v) is 2.90. The van der Waals surface area contributed by atoms with Crippen LogP contribution < -0.4 is 15.0 Å². The van der Waals surface area contributed by atoms with Crippen molar-refractivity contribution in [2.24, 2.45) is 0 Å². The lowest BCUT2D eigenvalue weighted by Gasteiger charge is -2.08. The lowest BCUT2D eigenvalue weighted by Crippen LogP contribution is -2.12. The summed E-state index contributed by atoms with van der Waals surface area (Å²) < 4.78 is 10.7. The molecule has 0 saturated carbocycles. The van der Waals surface area contributed by atoms with Crippen LogP contribution in [0.2, 0.25) is 0 Å². The van der Waals surface area contributed by atoms with E-state index < -0.39 is 0 Å². The number of nitrogens with zero attached hydrogens (tertiary/aromatic N) is 1. The van der Waals surface area contributed by atoms with E-state index >= 15 is 0 Å². The highest BCUT2D eigenvalue weighted by Gasteiger charge is 2.19. The first kappa shape index (κ1) is 12.5. The van der Waals surface area contributed by atoms with Gasteiger partial charge in [0.25, 0.3) is 0 Å². The van der Waals surface area contributed by atoms with Gasteiger partial charge in [0.15, 0.2) is 0 Å². The molecule has 0 aliphatic carbocycles. The van der Waals surface area contributed by atoms with Crippen molar-refractivity contribution in [1.82, 2.24) is 10.5 Å². The van der Waals surface area contributed by atoms with Crippen LogP contribution in [0.3, 0.4) is 0 Å². The summed E-state index contributed by atoms with van der Waals surface area (Å²) in [5, 5.41) is 0. The van der Waals surface area contributed by atoms with Gasteiger partial charge in [0.2, 0.25) is 5.88 Å². The monoisotopic (exact) mass is 270 g/mol. The molecule has 0 unspecified atom stereocenters. The van der Waals surface area contributed by atoms with Gasteiger partial charge in [-0.1, -0.05) is 12.1 Å². The van der Waals surface area contributed by atoms with Crippen molar-refractivity contribution in [1.29, 1.82) is 0 Å². The molecule has 2 heterocycles. The van der Waals surface area contributed by atoms with Gasteiger partial charge in [-0.05, 0) is 29.8 Å². The van der Waals surface area contributed by atoms with Crippen LogP contribution in [0, 0.1) is 0 Å². The predicted octanol–water partition coefficient (Wildman–Crippen LogP) is 2.59. The number of hydroxylamine groups is 1. The maximum absolute atomic E-state index is 5.61. The van der Waals surface area contributed by atoms with Crippen molar-refractivity contribution >= 4 is 0 Å². The highest BCUT2D eigenvalue weighted by molar-refractivity contribution is 5.31. The third kappa shape index (κ3) is 2.73. The van der Waals surface area contributed by atoms with E-state index in [0.29, 0.717) is 11.6 Å². The molecule has 0 amide bonds. The molecule has 1 atom stereocenters. The molecular weight excluding hydrogens is 256 g/mol. The SMILES string of the molecule is COc1ccc([C@H]2C=C(Oc3cccnc3)NO2)cc1. The lowest BCUT2D eigenvalue weighted by atomic mass is 10.1. The minimum Gasteiger partial charge on any atom is -0.497 e. The summed E-state index contributed by atoms with van der Waals surface area (Å²) in [7, 11) is 1.64. The van der Waals surface area contributed by atoms with Crippen LogP contribution in [-0.4, -0.2) is 12.1 Å². The molecule has 5 heteroatoms. The lowest BCUT2D eigenvalue weighted by molar-refractivity contribution is 0.0273. The van der Waals surface area contributed by atoms with Gasteiger partial charge in [-0.3, -0.25) is 9.82 Å². The van der Waals surface area contributed by atoms with Crippen molar-refractivity contribution < 1.29 is 14.3 Å². The smallest absolute Gasteiger partial charge is 0.216 e. The molecule has 102 valence electrons. The van der Waals surface area contributed by atoms with E-state index in [1.54, 1.807) is 19.5 Å². The zero-order chi connectivity index (χ0) is 13.8. The molecule has 0 saturated heterocycles. The first-order chi connectivity index (χ1) is 9.85. The summed E-state index contributed by atoms with van der Waals surface area (Å²) in [6.07, 6.45) is 5.02. The standard InChI is InChI=1S/C15H14N2O3/c1-18-12-6-4-11(5-7-12)14-9-15(17-20-14)19-13-3-2-8-16-10-13/h2-10,14,17H,1H3/t14-/m1/s1. The number of hydrogen-bond donors (Lipinski definition) is 1. The van der Waals surface area contributed by atoms with Gasteiger partial charge in [-0.25, -0.2) is 5.48 Å². The van der Waals surface area contributed by atoms with Gasteiger partial charge >= 0.3 is 0 Å². The summed E-state index contributed by atoms with van der Waals surface area (Å²) in [5.41, 5.74) is 3.78. The van der Waals surface area contributed by atoms with Crippen LogP contribution in [0.15, 0.2) is 60.8 Å². The fraction of sp³-hybridized carbons (Fsp3) is 0.133. The van der Waals surface area contributed by atoms with Crippen LogP contribution in [0.25, 0.3) is 0 Å². The number of rotatable bonds is 4. The zero-order valence-electron chi connectivity index (χ0n) is 10.9. The molecule has 1 aliphatic heterocycles. The molecule has 1 N–H and O–H groups in total. The molecule has 1 aromatic heterocycles. The summed E-state index contributed by atoms with van der Waals surface area (Å²) in [6, 6.07) is 11.3. The van der Waals surface area contributed by atoms with E-state index in [-0.39, 0.29) is 6.10 Å². The van der Waals surface area contributed by atoms with E-state index in [1.807, 2.05) is 42.5 Å². The Morgan fingerprint density at radius 1 is 1.15 bits per heavy atom. The maximum Gasteiger partial charge on any atom is 0.216 e. The Labute approximate surface area is 116 Å². The Morgan fingerprint density at radius 3 is 2.70 bits per heavy atom. The van der Waals surface area contributed by atoms with Gasteiger partial charge in [-0.2, -0.15) is 0 Å². The number of benzene rings is 1. The molecule has 0 fully saturated rings. The van der Waals surface area contributed by atoms with E-state index in [0.717, 1.165) is 11.3 Å². The first-order valence-corrected chi connectivity index (χ1v) is 6.20. The number of aromatic nitrogens is 1. The highest BCUT2D eigenvalue weighted by atomic mass is 16.7. The Balaban J connectivity index is 1.70. The summed E-state index contributed by atoms with van der Waals surface area (Å²) in [4.78, 5) is 9.46. The van der Waals surface area contributed by atoms with E-state index in [2.05, 4.69) is 10.5 Å². The van der Waals surface area contributed by atoms with Gasteiger partial charge in [0, 0.05) is 12.3 Å². The molecule has 0 radical (unpaired) electrons. The zero-order valence-corrected chi connectivity index (χ0v) is 10.9. The third-order valence-electron chi connectivity index (χ3n) is 2.90. The van der Waals surface area contributed by atoms with Crippen LogP contribution in [0.4, 0.5) is 0 Å². The van der Waals surface area contributed by atoms with E-state index in [9.17, 15) is 0 Å². The van der Waals surface area contributed by atoms with E-state index in [4.69, 9.17) is 14.3 Å². The van der Waals surface area contributed by atoms with Crippen molar-refractivity contribution in [3.05, 3.63) is 66.3 Å². The number of hydrogen-bond acceptors (Lipinski definition) is 5. The fourth-order valence-electron chi connectivity index (χ4n) is 1.87. The van der Waals surface area contributed by atoms with Crippen molar-refractivity contribution in [2.45, 2.75) is 6.10 Å². The van der Waals surface area contributed by atoms with E-state index in [1.165, 1.54) is 0 Å². The van der Waals surface area contributed by atoms with Crippen LogP contribution in [0.5, 0.6) is 11.5 Å². The second kappa shape index (κ2) is 5.63. The molecule has 20 heavy (non-hydrogen) atoms. The van der Waals surface area contributed by atoms with Crippen molar-refractivity contribution in [2.75, 3.05) is 7.11 Å². The number of pyridine rings is 1. The average Bonchev–Trinajstić information content (AvgIpc) is 2.97. The molecule has 1 aromatic carbocycles. The van der Waals surface area contributed by atoms with Crippen LogP contribution in [-0.2, 0) is 4.84 Å². The Kier molecular flexibility index (Phi) is 3.52. The van der Waals surface area contributed by atoms with Gasteiger partial charge in [-0.15, -0.1) is 0 Å². The second-order valence-electron chi connectivity index (χ2n) is 4.24. The number of methoxy groups -OCH3 is 1. The topological polar surface area (TPSA) is 52.6 Å². The van der Waals surface area contributed by atoms with Crippen molar-refractivity contribution in [3.63, 3.8) is 0 Å². The average molecular weight is 270 g/mol. The number of ether oxygens (including phenoxy) is 2. The summed E-state index contributed by atoms with van der Waals surface area (Å²) >= 11 is 0. The minimum atomic E-state index is -0.187. The molecule has 5 nitrogen and oxygen atoms in total. The highest BCUT2D eigenvalue weighted by Crippen LogP contribution is 2.26. The molecule has 0 spiro atoms. The molecule has 2 aromatic rings. The van der Waals surface area contributed by atoms with Crippen LogP contribution >= 0.6 is 0 Å². The minimum absolute atomic E-state index is 0.187. The predicted molar refractivity (Wildman–Crippen MR) is 72.9 cm³/mol. The van der Waals surface area contributed by atoms with Crippen LogP contribution in [0.1, 0.15) is 11.7 Å². The van der Waals surface area contributed by atoms with Crippen molar-refractivity contribution in [3.8, 4) is 11.5 Å². The summed E-state index contributed by atoms with van der Waals surface area (Å²) in [6.45, 7) is 0. The fourth-order valence-corrected chi connectivity index (χ4v) is 1.87. The first-order valence-electron chi connectivity index (χ1n) is 6.20. The Hall–Kier alpha value is -2.53. The summed E-state index contributed by atoms with van der Waals surface area (Å²) in [5.74, 6) is 2.03. The molecule has 1 aliphatic rings. The Morgan fingerprint density at radius 2 is 2.00 bits per heavy atom. The quantitative estimate of drug-likeness (QED) is 0.925. The second-order valence-corrected chi connectivity index (χ2v) is 4.24. The number of nitrogens with one attached hydrogen (secondary N) is 1. The normalized spacial score (nSPS) is 17.2. The molecular formula is C15H14N2O3. The largest absolute Gasteiger partial charge is 0.497 e. The van der Waals surface area contributed by atoms with Gasteiger partial charge in [0.05, 0.1) is 13.3 Å². The van der Waals surface area contributed by atoms with Gasteiger partial charge < -0.3 is 9.47 Å². The van der Waals surface area contributed by atoms with Gasteiger partial charge in [0.1, 0.15) is 17.6 Å².